The van der Waals surface area contributed by atoms with Crippen LogP contribution in [0.1, 0.15) is 46.2 Å². The first-order valence-corrected chi connectivity index (χ1v) is 14.1. The standard InChI is InChI=1S/C30H32N6O2S/c1-18-20(3)39-29-25(18)27(31-26(19(2)30(37)38)28-33-32-21(4)36(28)29)22-10-12-24(13-11-22)35-16-14-34(15-17-35)23-8-6-5-7-9-23/h5-13,19,26H,14-17H2,1-4H3,(H,37,38)/t19?,26-/m0/s1. The molecule has 2 aromatic heterocycles. The van der Waals surface area contributed by atoms with Crippen molar-refractivity contribution in [3.05, 3.63) is 87.8 Å². The maximum absolute atomic E-state index is 12.1. The van der Waals surface area contributed by atoms with Crippen molar-refractivity contribution in [1.29, 1.82) is 0 Å². The number of rotatable bonds is 5. The molecular weight excluding hydrogens is 508 g/mol. The van der Waals surface area contributed by atoms with Crippen molar-refractivity contribution in [2.24, 2.45) is 10.9 Å². The Morgan fingerprint density at radius 2 is 1.54 bits per heavy atom. The Morgan fingerprint density at radius 3 is 2.15 bits per heavy atom. The van der Waals surface area contributed by atoms with Crippen LogP contribution in [-0.2, 0) is 4.79 Å². The number of nitrogens with zero attached hydrogens (tertiary/aromatic N) is 6. The van der Waals surface area contributed by atoms with Gasteiger partial charge in [0.15, 0.2) is 5.82 Å². The molecule has 0 spiro atoms. The summed E-state index contributed by atoms with van der Waals surface area (Å²) in [7, 11) is 0. The predicted octanol–water partition coefficient (Wildman–Crippen LogP) is 5.19. The highest BCUT2D eigenvalue weighted by Crippen LogP contribution is 2.40. The third kappa shape index (κ3) is 4.40. The fourth-order valence-corrected chi connectivity index (χ4v) is 6.72. The van der Waals surface area contributed by atoms with Gasteiger partial charge in [-0.05, 0) is 57.5 Å². The molecule has 1 unspecified atom stereocenters. The Balaban J connectivity index is 1.35. The first-order chi connectivity index (χ1) is 18.8. The minimum atomic E-state index is -0.904. The summed E-state index contributed by atoms with van der Waals surface area (Å²) < 4.78 is 2.00. The predicted molar refractivity (Wildman–Crippen MR) is 156 cm³/mol. The van der Waals surface area contributed by atoms with Crippen molar-refractivity contribution in [3.8, 4) is 5.00 Å². The Labute approximate surface area is 232 Å². The molecule has 4 heterocycles. The second-order valence-electron chi connectivity index (χ2n) is 10.3. The average molecular weight is 541 g/mol. The number of benzene rings is 2. The molecule has 9 heteroatoms. The van der Waals surface area contributed by atoms with Gasteiger partial charge < -0.3 is 14.9 Å². The van der Waals surface area contributed by atoms with Crippen LogP contribution in [-0.4, -0.2) is 57.7 Å². The summed E-state index contributed by atoms with van der Waals surface area (Å²) in [5.41, 5.74) is 6.43. The third-order valence-electron chi connectivity index (χ3n) is 7.96. The molecular formula is C30H32N6O2S. The van der Waals surface area contributed by atoms with Crippen LogP contribution in [0.25, 0.3) is 5.00 Å². The molecule has 8 nitrogen and oxygen atoms in total. The zero-order valence-corrected chi connectivity index (χ0v) is 23.4. The van der Waals surface area contributed by atoms with E-state index in [9.17, 15) is 9.90 Å². The largest absolute Gasteiger partial charge is 0.481 e. The van der Waals surface area contributed by atoms with Crippen molar-refractivity contribution in [2.45, 2.75) is 33.7 Å². The van der Waals surface area contributed by atoms with Crippen LogP contribution < -0.4 is 9.80 Å². The molecule has 2 aromatic carbocycles. The summed E-state index contributed by atoms with van der Waals surface area (Å²) in [4.78, 5) is 23.3. The fraction of sp³-hybridized carbons (Fsp3) is 0.333. The summed E-state index contributed by atoms with van der Waals surface area (Å²) in [6.07, 6.45) is 0. The number of carboxylic acids is 1. The number of thiophene rings is 1. The molecule has 0 amide bonds. The lowest BCUT2D eigenvalue weighted by molar-refractivity contribution is -0.141. The van der Waals surface area contributed by atoms with Crippen molar-refractivity contribution in [1.82, 2.24) is 14.8 Å². The number of carbonyl (C=O) groups is 1. The number of aryl methyl sites for hydroxylation is 2. The lowest BCUT2D eigenvalue weighted by Gasteiger charge is -2.37. The molecule has 1 fully saturated rings. The number of aliphatic imine (C=N–C) groups is 1. The number of fused-ring (bicyclic) bond motifs is 3. The van der Waals surface area contributed by atoms with E-state index in [1.54, 1.807) is 18.3 Å². The van der Waals surface area contributed by atoms with E-state index in [4.69, 9.17) is 4.99 Å². The lowest BCUT2D eigenvalue weighted by Crippen LogP contribution is -2.46. The molecule has 1 N–H and O–H groups in total. The van der Waals surface area contributed by atoms with Crippen LogP contribution in [0.15, 0.2) is 59.6 Å². The Bertz CT molecular complexity index is 1550. The first kappa shape index (κ1) is 25.3. The van der Waals surface area contributed by atoms with Gasteiger partial charge in [0.2, 0.25) is 0 Å². The number of para-hydroxylation sites is 1. The molecule has 0 bridgehead atoms. The van der Waals surface area contributed by atoms with Gasteiger partial charge in [-0.2, -0.15) is 0 Å². The monoisotopic (exact) mass is 540 g/mol. The van der Waals surface area contributed by atoms with Crippen LogP contribution in [0.2, 0.25) is 0 Å². The Hall–Kier alpha value is -3.98. The number of anilines is 2. The summed E-state index contributed by atoms with van der Waals surface area (Å²) in [6, 6.07) is 18.5. The van der Waals surface area contributed by atoms with Gasteiger partial charge in [-0.25, -0.2) is 0 Å². The van der Waals surface area contributed by atoms with Gasteiger partial charge in [0, 0.05) is 53.6 Å². The molecule has 2 atom stereocenters. The van der Waals surface area contributed by atoms with Gasteiger partial charge in [-0.15, -0.1) is 21.5 Å². The minimum absolute atomic E-state index is 0.577. The zero-order chi connectivity index (χ0) is 27.3. The minimum Gasteiger partial charge on any atom is -0.481 e. The van der Waals surface area contributed by atoms with E-state index in [1.165, 1.54) is 16.3 Å². The average Bonchev–Trinajstić information content (AvgIpc) is 3.43. The van der Waals surface area contributed by atoms with Crippen LogP contribution in [0.5, 0.6) is 0 Å². The number of piperazine rings is 1. The van der Waals surface area contributed by atoms with Gasteiger partial charge in [0.05, 0.1) is 11.6 Å². The van der Waals surface area contributed by atoms with Gasteiger partial charge in [-0.1, -0.05) is 30.3 Å². The topological polar surface area (TPSA) is 86.8 Å². The second kappa shape index (κ2) is 9.96. The van der Waals surface area contributed by atoms with E-state index in [0.717, 1.165) is 59.4 Å². The highest BCUT2D eigenvalue weighted by molar-refractivity contribution is 7.15. The second-order valence-corrected chi connectivity index (χ2v) is 11.5. The molecule has 6 rings (SSSR count). The van der Waals surface area contributed by atoms with Crippen LogP contribution >= 0.6 is 11.3 Å². The molecule has 4 aromatic rings. The van der Waals surface area contributed by atoms with Crippen molar-refractivity contribution >= 4 is 34.4 Å². The maximum Gasteiger partial charge on any atom is 0.308 e. The summed E-state index contributed by atoms with van der Waals surface area (Å²) >= 11 is 1.68. The SMILES string of the molecule is Cc1sc2c(c1C)C(c1ccc(N3CCN(c4ccccc4)CC3)cc1)=N[C@@H](C(C)C(=O)O)c1nnc(C)n1-2. The molecule has 0 radical (unpaired) electrons. The Kier molecular flexibility index (Phi) is 6.46. The van der Waals surface area contributed by atoms with Gasteiger partial charge >= 0.3 is 5.97 Å². The molecule has 200 valence electrons. The van der Waals surface area contributed by atoms with Crippen LogP contribution in [0.3, 0.4) is 0 Å². The van der Waals surface area contributed by atoms with E-state index in [1.807, 2.05) is 11.5 Å². The highest BCUT2D eigenvalue weighted by Gasteiger charge is 2.36. The maximum atomic E-state index is 12.1. The van der Waals surface area contributed by atoms with Crippen molar-refractivity contribution in [3.63, 3.8) is 0 Å². The summed E-state index contributed by atoms with van der Waals surface area (Å²) in [5.74, 6) is -0.347. The van der Waals surface area contributed by atoms with E-state index in [2.05, 4.69) is 88.4 Å². The van der Waals surface area contributed by atoms with E-state index in [-0.39, 0.29) is 0 Å². The molecule has 2 aliphatic heterocycles. The number of aliphatic carboxylic acids is 1. The first-order valence-electron chi connectivity index (χ1n) is 13.3. The zero-order valence-electron chi connectivity index (χ0n) is 22.6. The molecule has 39 heavy (non-hydrogen) atoms. The smallest absolute Gasteiger partial charge is 0.308 e. The summed E-state index contributed by atoms with van der Waals surface area (Å²) in [6.45, 7) is 11.7. The highest BCUT2D eigenvalue weighted by atomic mass is 32.1. The number of hydrogen-bond acceptors (Lipinski definition) is 7. The number of hydrogen-bond donors (Lipinski definition) is 1. The van der Waals surface area contributed by atoms with E-state index < -0.39 is 17.9 Å². The molecule has 2 aliphatic rings. The third-order valence-corrected chi connectivity index (χ3v) is 9.15. The van der Waals surface area contributed by atoms with Crippen molar-refractivity contribution < 1.29 is 9.90 Å². The normalized spacial score (nSPS) is 17.7. The van der Waals surface area contributed by atoms with Crippen LogP contribution in [0, 0.1) is 26.7 Å². The number of aromatic nitrogens is 3. The van der Waals surface area contributed by atoms with E-state index in [0.29, 0.717) is 5.82 Å². The number of carboxylic acid groups (broad SMARTS) is 1. The van der Waals surface area contributed by atoms with Gasteiger partial charge in [0.1, 0.15) is 16.9 Å². The van der Waals surface area contributed by atoms with Gasteiger partial charge in [0.25, 0.3) is 0 Å². The molecule has 1 saturated heterocycles. The Morgan fingerprint density at radius 1 is 0.923 bits per heavy atom. The quantitative estimate of drug-likeness (QED) is 0.375. The summed E-state index contributed by atoms with van der Waals surface area (Å²) in [5, 5.41) is 19.6. The molecule has 0 saturated carbocycles. The van der Waals surface area contributed by atoms with E-state index >= 15 is 0 Å². The van der Waals surface area contributed by atoms with Crippen molar-refractivity contribution in [2.75, 3.05) is 36.0 Å². The fourth-order valence-electron chi connectivity index (χ4n) is 5.51. The molecule has 0 aliphatic carbocycles. The van der Waals surface area contributed by atoms with Gasteiger partial charge in [-0.3, -0.25) is 14.4 Å². The lowest BCUT2D eigenvalue weighted by atomic mass is 9.98. The van der Waals surface area contributed by atoms with Crippen LogP contribution in [0.4, 0.5) is 11.4 Å².